The summed E-state index contributed by atoms with van der Waals surface area (Å²) in [6, 6.07) is 11.9. The largest absolute Gasteiger partial charge is 0.395 e. The van der Waals surface area contributed by atoms with Gasteiger partial charge in [0.25, 0.3) is 0 Å². The average Bonchev–Trinajstić information content (AvgIpc) is 2.46. The summed E-state index contributed by atoms with van der Waals surface area (Å²) < 4.78 is 0. The van der Waals surface area contributed by atoms with E-state index in [2.05, 4.69) is 47.5 Å². The van der Waals surface area contributed by atoms with Crippen molar-refractivity contribution in [1.29, 1.82) is 0 Å². The van der Waals surface area contributed by atoms with E-state index in [0.717, 1.165) is 32.5 Å². The Morgan fingerprint density at radius 3 is 2.57 bits per heavy atom. The zero-order valence-electron chi connectivity index (χ0n) is 13.3. The van der Waals surface area contributed by atoms with Gasteiger partial charge in [0.15, 0.2) is 0 Å². The summed E-state index contributed by atoms with van der Waals surface area (Å²) >= 11 is 0. The fourth-order valence-corrected chi connectivity index (χ4v) is 3.04. The SMILES string of the molecule is CCCNC(CCN(CCO)C1CCC1)c1ccccc1. The van der Waals surface area contributed by atoms with Gasteiger partial charge in [0.1, 0.15) is 0 Å². The number of rotatable bonds is 10. The predicted octanol–water partition coefficient (Wildman–Crippen LogP) is 2.96. The molecule has 0 spiro atoms. The minimum absolute atomic E-state index is 0.273. The van der Waals surface area contributed by atoms with Crippen molar-refractivity contribution in [2.45, 2.75) is 51.1 Å². The molecule has 0 aromatic heterocycles. The number of aliphatic hydroxyl groups is 1. The number of hydrogen-bond donors (Lipinski definition) is 2. The molecule has 118 valence electrons. The van der Waals surface area contributed by atoms with E-state index < -0.39 is 0 Å². The van der Waals surface area contributed by atoms with Crippen LogP contribution in [0.3, 0.4) is 0 Å². The molecule has 21 heavy (non-hydrogen) atoms. The Balaban J connectivity index is 1.90. The molecule has 0 aliphatic heterocycles. The lowest BCUT2D eigenvalue weighted by atomic mass is 9.91. The first kappa shape index (κ1) is 16.5. The molecular formula is C18H30N2O. The minimum atomic E-state index is 0.273. The number of nitrogens with one attached hydrogen (secondary N) is 1. The molecule has 1 aromatic carbocycles. The highest BCUT2D eigenvalue weighted by Crippen LogP contribution is 2.26. The molecule has 2 rings (SSSR count). The highest BCUT2D eigenvalue weighted by molar-refractivity contribution is 5.18. The summed E-state index contributed by atoms with van der Waals surface area (Å²) in [7, 11) is 0. The van der Waals surface area contributed by atoms with Crippen LogP contribution in [0.5, 0.6) is 0 Å². The first-order valence-electron chi connectivity index (χ1n) is 8.48. The van der Waals surface area contributed by atoms with E-state index in [1.165, 1.54) is 24.8 Å². The first-order chi connectivity index (χ1) is 10.3. The van der Waals surface area contributed by atoms with E-state index in [-0.39, 0.29) is 6.61 Å². The smallest absolute Gasteiger partial charge is 0.0558 e. The van der Waals surface area contributed by atoms with Gasteiger partial charge in [-0.15, -0.1) is 0 Å². The van der Waals surface area contributed by atoms with E-state index in [4.69, 9.17) is 0 Å². The first-order valence-corrected chi connectivity index (χ1v) is 8.48. The van der Waals surface area contributed by atoms with E-state index in [1.54, 1.807) is 0 Å². The fraction of sp³-hybridized carbons (Fsp3) is 0.667. The molecular weight excluding hydrogens is 260 g/mol. The Hall–Kier alpha value is -0.900. The molecule has 1 saturated carbocycles. The lowest BCUT2D eigenvalue weighted by Gasteiger charge is -2.38. The average molecular weight is 290 g/mol. The van der Waals surface area contributed by atoms with Gasteiger partial charge < -0.3 is 10.4 Å². The Bertz CT molecular complexity index is 378. The predicted molar refractivity (Wildman–Crippen MR) is 88.4 cm³/mol. The molecule has 0 amide bonds. The molecule has 1 aliphatic rings. The molecule has 1 fully saturated rings. The maximum atomic E-state index is 9.27. The van der Waals surface area contributed by atoms with E-state index in [1.807, 2.05) is 0 Å². The van der Waals surface area contributed by atoms with Crippen LogP contribution in [0.2, 0.25) is 0 Å². The molecule has 2 N–H and O–H groups in total. The lowest BCUT2D eigenvalue weighted by molar-refractivity contribution is 0.0969. The molecule has 0 heterocycles. The second-order valence-electron chi connectivity index (χ2n) is 6.05. The minimum Gasteiger partial charge on any atom is -0.395 e. The van der Waals surface area contributed by atoms with Gasteiger partial charge in [0, 0.05) is 25.2 Å². The lowest BCUT2D eigenvalue weighted by Crippen LogP contribution is -2.43. The molecule has 3 nitrogen and oxygen atoms in total. The van der Waals surface area contributed by atoms with Crippen molar-refractivity contribution in [1.82, 2.24) is 10.2 Å². The third-order valence-electron chi connectivity index (χ3n) is 4.53. The summed E-state index contributed by atoms with van der Waals surface area (Å²) in [5.74, 6) is 0. The summed E-state index contributed by atoms with van der Waals surface area (Å²) in [6.07, 6.45) is 6.23. The third-order valence-corrected chi connectivity index (χ3v) is 4.53. The molecule has 0 bridgehead atoms. The summed E-state index contributed by atoms with van der Waals surface area (Å²) in [5, 5.41) is 12.9. The van der Waals surface area contributed by atoms with Gasteiger partial charge in [-0.25, -0.2) is 0 Å². The third kappa shape index (κ3) is 5.10. The Morgan fingerprint density at radius 2 is 2.00 bits per heavy atom. The molecule has 1 unspecified atom stereocenters. The fourth-order valence-electron chi connectivity index (χ4n) is 3.04. The zero-order valence-corrected chi connectivity index (χ0v) is 13.3. The van der Waals surface area contributed by atoms with Crippen LogP contribution in [-0.2, 0) is 0 Å². The second-order valence-corrected chi connectivity index (χ2v) is 6.05. The van der Waals surface area contributed by atoms with Crippen LogP contribution in [0.15, 0.2) is 30.3 Å². The molecule has 1 aromatic rings. The number of benzene rings is 1. The van der Waals surface area contributed by atoms with Crippen LogP contribution < -0.4 is 5.32 Å². The summed E-state index contributed by atoms with van der Waals surface area (Å²) in [6.45, 7) is 5.43. The van der Waals surface area contributed by atoms with Crippen molar-refractivity contribution in [3.05, 3.63) is 35.9 Å². The van der Waals surface area contributed by atoms with Gasteiger partial charge in [0.05, 0.1) is 6.61 Å². The van der Waals surface area contributed by atoms with Gasteiger partial charge in [-0.3, -0.25) is 4.90 Å². The van der Waals surface area contributed by atoms with Gasteiger partial charge >= 0.3 is 0 Å². The molecule has 1 atom stereocenters. The van der Waals surface area contributed by atoms with Crippen molar-refractivity contribution in [2.75, 3.05) is 26.2 Å². The van der Waals surface area contributed by atoms with E-state index >= 15 is 0 Å². The van der Waals surface area contributed by atoms with Crippen LogP contribution >= 0.6 is 0 Å². The Labute approximate surface area is 129 Å². The van der Waals surface area contributed by atoms with Crippen LogP contribution in [0, 0.1) is 0 Å². The van der Waals surface area contributed by atoms with Crippen LogP contribution in [0.1, 0.15) is 50.6 Å². The van der Waals surface area contributed by atoms with Crippen LogP contribution in [-0.4, -0.2) is 42.3 Å². The number of aliphatic hydroxyl groups excluding tert-OH is 1. The number of hydrogen-bond acceptors (Lipinski definition) is 3. The van der Waals surface area contributed by atoms with Gasteiger partial charge in [0.2, 0.25) is 0 Å². The molecule has 1 aliphatic carbocycles. The normalized spacial score (nSPS) is 16.9. The van der Waals surface area contributed by atoms with Crippen molar-refractivity contribution in [2.24, 2.45) is 0 Å². The van der Waals surface area contributed by atoms with Crippen LogP contribution in [0.4, 0.5) is 0 Å². The monoisotopic (exact) mass is 290 g/mol. The van der Waals surface area contributed by atoms with Gasteiger partial charge in [-0.2, -0.15) is 0 Å². The number of nitrogens with zero attached hydrogens (tertiary/aromatic N) is 1. The molecule has 0 saturated heterocycles. The van der Waals surface area contributed by atoms with Gasteiger partial charge in [-0.05, 0) is 37.8 Å². The van der Waals surface area contributed by atoms with Crippen LogP contribution in [0.25, 0.3) is 0 Å². The zero-order chi connectivity index (χ0) is 14.9. The maximum Gasteiger partial charge on any atom is 0.0558 e. The van der Waals surface area contributed by atoms with Crippen molar-refractivity contribution >= 4 is 0 Å². The molecule has 3 heteroatoms. The van der Waals surface area contributed by atoms with Crippen molar-refractivity contribution in [3.63, 3.8) is 0 Å². The Morgan fingerprint density at radius 1 is 1.24 bits per heavy atom. The topological polar surface area (TPSA) is 35.5 Å². The summed E-state index contributed by atoms with van der Waals surface area (Å²) in [5.41, 5.74) is 1.38. The van der Waals surface area contributed by atoms with Crippen molar-refractivity contribution < 1.29 is 5.11 Å². The molecule has 0 radical (unpaired) electrons. The quantitative estimate of drug-likeness (QED) is 0.695. The highest BCUT2D eigenvalue weighted by atomic mass is 16.3. The standard InChI is InChI=1S/C18H30N2O/c1-2-12-19-18(16-7-4-3-5-8-16)11-13-20(14-15-21)17-9-6-10-17/h3-5,7-8,17-19,21H,2,6,9-15H2,1H3. The van der Waals surface area contributed by atoms with E-state index in [9.17, 15) is 5.11 Å². The van der Waals surface area contributed by atoms with Gasteiger partial charge in [-0.1, -0.05) is 43.7 Å². The highest BCUT2D eigenvalue weighted by Gasteiger charge is 2.25. The van der Waals surface area contributed by atoms with Crippen molar-refractivity contribution in [3.8, 4) is 0 Å². The summed E-state index contributed by atoms with van der Waals surface area (Å²) in [4.78, 5) is 2.48. The second kappa shape index (κ2) is 9.19. The maximum absolute atomic E-state index is 9.27. The Kier molecular flexibility index (Phi) is 7.20. The van der Waals surface area contributed by atoms with E-state index in [0.29, 0.717) is 12.1 Å².